The molecular formula is C25H25N3O6. The molecule has 4 rings (SSSR count). The van der Waals surface area contributed by atoms with Crippen molar-refractivity contribution in [1.29, 1.82) is 0 Å². The Labute approximate surface area is 195 Å². The maximum atomic E-state index is 12.7. The summed E-state index contributed by atoms with van der Waals surface area (Å²) >= 11 is 0. The van der Waals surface area contributed by atoms with Crippen LogP contribution in [0, 0.1) is 5.92 Å². The second kappa shape index (κ2) is 10.2. The predicted molar refractivity (Wildman–Crippen MR) is 126 cm³/mol. The molecule has 1 saturated carbocycles. The molecule has 0 radical (unpaired) electrons. The first-order valence-corrected chi connectivity index (χ1v) is 11.1. The Kier molecular flexibility index (Phi) is 6.91. The average Bonchev–Trinajstić information content (AvgIpc) is 3.68. The molecule has 1 fully saturated rings. The molecular weight excluding hydrogens is 438 g/mol. The number of para-hydroxylation sites is 1. The fourth-order valence-electron chi connectivity index (χ4n) is 3.40. The summed E-state index contributed by atoms with van der Waals surface area (Å²) in [5.74, 6) is -0.320. The summed E-state index contributed by atoms with van der Waals surface area (Å²) in [6.45, 7) is 2.92. The second-order valence-corrected chi connectivity index (χ2v) is 7.91. The number of carbonyl (C=O) groups is 3. The van der Waals surface area contributed by atoms with Crippen LogP contribution in [-0.2, 0) is 4.79 Å². The van der Waals surface area contributed by atoms with Gasteiger partial charge in [-0.05, 0) is 56.2 Å². The molecule has 0 saturated heterocycles. The third-order valence-electron chi connectivity index (χ3n) is 5.33. The maximum Gasteiger partial charge on any atom is 0.349 e. The highest BCUT2D eigenvalue weighted by Gasteiger charge is 2.29. The third kappa shape index (κ3) is 5.43. The van der Waals surface area contributed by atoms with Gasteiger partial charge in [0.05, 0.1) is 6.61 Å². The molecule has 176 valence electrons. The van der Waals surface area contributed by atoms with Crippen molar-refractivity contribution in [3.05, 3.63) is 70.1 Å². The normalized spacial score (nSPS) is 12.7. The van der Waals surface area contributed by atoms with E-state index in [1.165, 1.54) is 6.07 Å². The molecule has 3 N–H and O–H groups in total. The molecule has 0 unspecified atom stereocenters. The lowest BCUT2D eigenvalue weighted by Gasteiger charge is -2.09. The first-order chi connectivity index (χ1) is 16.5. The summed E-state index contributed by atoms with van der Waals surface area (Å²) in [5, 5.41) is 8.72. The summed E-state index contributed by atoms with van der Waals surface area (Å²) in [5.41, 5.74) is 0.188. The van der Waals surface area contributed by atoms with Crippen LogP contribution in [0.15, 0.2) is 57.7 Å². The van der Waals surface area contributed by atoms with Crippen molar-refractivity contribution in [2.24, 2.45) is 5.92 Å². The number of benzene rings is 2. The summed E-state index contributed by atoms with van der Waals surface area (Å²) in [6.07, 6.45) is 1.86. The lowest BCUT2D eigenvalue weighted by Crippen LogP contribution is -2.35. The number of hydrogen-bond donors (Lipinski definition) is 3. The standard InChI is InChI=1S/C25H25N3O6/c1-2-33-20-5-3-4-17-14-19(25(32)34-21(17)20)24(31)28-18-10-8-16(9-11-18)23(30)27-13-12-26-22(29)15-6-7-15/h3-5,8-11,14-15H,2,6-7,12-13H2,1H3,(H,26,29)(H,27,30)(H,28,31). The van der Waals surface area contributed by atoms with Gasteiger partial charge in [-0.3, -0.25) is 14.4 Å². The van der Waals surface area contributed by atoms with Gasteiger partial charge in [0.25, 0.3) is 11.8 Å². The summed E-state index contributed by atoms with van der Waals surface area (Å²) in [6, 6.07) is 12.9. The van der Waals surface area contributed by atoms with Gasteiger partial charge in [0.2, 0.25) is 5.91 Å². The largest absolute Gasteiger partial charge is 0.490 e. The zero-order chi connectivity index (χ0) is 24.1. The average molecular weight is 463 g/mol. The lowest BCUT2D eigenvalue weighted by molar-refractivity contribution is -0.122. The van der Waals surface area contributed by atoms with Crippen molar-refractivity contribution in [2.45, 2.75) is 19.8 Å². The van der Waals surface area contributed by atoms with Crippen LogP contribution < -0.4 is 26.3 Å². The van der Waals surface area contributed by atoms with E-state index in [1.54, 1.807) is 42.5 Å². The van der Waals surface area contributed by atoms with Crippen LogP contribution in [0.4, 0.5) is 5.69 Å². The van der Waals surface area contributed by atoms with E-state index in [-0.39, 0.29) is 28.9 Å². The van der Waals surface area contributed by atoms with Crippen molar-refractivity contribution in [3.8, 4) is 5.75 Å². The number of carbonyl (C=O) groups excluding carboxylic acids is 3. The molecule has 0 spiro atoms. The Morgan fingerprint density at radius 3 is 2.44 bits per heavy atom. The monoisotopic (exact) mass is 463 g/mol. The van der Waals surface area contributed by atoms with E-state index in [0.717, 1.165) is 12.8 Å². The van der Waals surface area contributed by atoms with Crippen LogP contribution in [0.25, 0.3) is 11.0 Å². The van der Waals surface area contributed by atoms with E-state index in [0.29, 0.717) is 42.1 Å². The van der Waals surface area contributed by atoms with Crippen LogP contribution in [0.2, 0.25) is 0 Å². The van der Waals surface area contributed by atoms with Gasteiger partial charge in [-0.1, -0.05) is 12.1 Å². The van der Waals surface area contributed by atoms with Crippen molar-refractivity contribution in [2.75, 3.05) is 25.0 Å². The molecule has 9 heteroatoms. The highest BCUT2D eigenvalue weighted by Crippen LogP contribution is 2.28. The lowest BCUT2D eigenvalue weighted by atomic mass is 10.1. The van der Waals surface area contributed by atoms with Gasteiger partial charge < -0.3 is 25.1 Å². The smallest absolute Gasteiger partial charge is 0.349 e. The van der Waals surface area contributed by atoms with Gasteiger partial charge in [0.1, 0.15) is 5.56 Å². The van der Waals surface area contributed by atoms with Gasteiger partial charge in [0, 0.05) is 35.6 Å². The van der Waals surface area contributed by atoms with Crippen LogP contribution in [0.3, 0.4) is 0 Å². The molecule has 3 amide bonds. The fourth-order valence-corrected chi connectivity index (χ4v) is 3.40. The van der Waals surface area contributed by atoms with Crippen molar-refractivity contribution in [1.82, 2.24) is 10.6 Å². The molecule has 1 aliphatic rings. The highest BCUT2D eigenvalue weighted by atomic mass is 16.5. The molecule has 1 heterocycles. The summed E-state index contributed by atoms with van der Waals surface area (Å²) < 4.78 is 10.8. The molecule has 1 aromatic heterocycles. The SMILES string of the molecule is CCOc1cccc2cc(C(=O)Nc3ccc(C(=O)NCCNC(=O)C4CC4)cc3)c(=O)oc12. The van der Waals surface area contributed by atoms with Crippen LogP contribution in [0.5, 0.6) is 5.75 Å². The third-order valence-corrected chi connectivity index (χ3v) is 5.33. The van der Waals surface area contributed by atoms with Gasteiger partial charge >= 0.3 is 5.63 Å². The number of anilines is 1. The highest BCUT2D eigenvalue weighted by molar-refractivity contribution is 6.06. The Morgan fingerprint density at radius 2 is 1.74 bits per heavy atom. The molecule has 0 bridgehead atoms. The number of fused-ring (bicyclic) bond motifs is 1. The van der Waals surface area contributed by atoms with Gasteiger partial charge in [0.15, 0.2) is 11.3 Å². The predicted octanol–water partition coefficient (Wildman–Crippen LogP) is 2.70. The minimum absolute atomic E-state index is 0.0320. The van der Waals surface area contributed by atoms with E-state index in [2.05, 4.69) is 16.0 Å². The number of ether oxygens (including phenoxy) is 1. The summed E-state index contributed by atoms with van der Waals surface area (Å²) in [4.78, 5) is 48.9. The first kappa shape index (κ1) is 23.0. The zero-order valence-corrected chi connectivity index (χ0v) is 18.7. The van der Waals surface area contributed by atoms with Crippen molar-refractivity contribution >= 4 is 34.4 Å². The van der Waals surface area contributed by atoms with Crippen LogP contribution >= 0.6 is 0 Å². The Bertz CT molecular complexity index is 1280. The molecule has 2 aromatic carbocycles. The fraction of sp³-hybridized carbons (Fsp3) is 0.280. The molecule has 0 aliphatic heterocycles. The van der Waals surface area contributed by atoms with E-state index in [1.807, 2.05) is 6.92 Å². The minimum Gasteiger partial charge on any atom is -0.490 e. The van der Waals surface area contributed by atoms with Gasteiger partial charge in [-0.25, -0.2) is 4.79 Å². The second-order valence-electron chi connectivity index (χ2n) is 7.91. The molecule has 0 atom stereocenters. The Hall–Kier alpha value is -4.14. The van der Waals surface area contributed by atoms with Crippen molar-refractivity contribution in [3.63, 3.8) is 0 Å². The first-order valence-electron chi connectivity index (χ1n) is 11.1. The number of hydrogen-bond acceptors (Lipinski definition) is 6. The number of amides is 3. The Morgan fingerprint density at radius 1 is 1.00 bits per heavy atom. The van der Waals surface area contributed by atoms with Gasteiger partial charge in [-0.15, -0.1) is 0 Å². The number of rotatable bonds is 9. The topological polar surface area (TPSA) is 127 Å². The van der Waals surface area contributed by atoms with Crippen molar-refractivity contribution < 1.29 is 23.5 Å². The molecule has 3 aromatic rings. The van der Waals surface area contributed by atoms with E-state index < -0.39 is 11.5 Å². The van der Waals surface area contributed by atoms with Crippen LogP contribution in [-0.4, -0.2) is 37.4 Å². The van der Waals surface area contributed by atoms with E-state index in [4.69, 9.17) is 9.15 Å². The molecule has 9 nitrogen and oxygen atoms in total. The molecule has 1 aliphatic carbocycles. The number of nitrogens with one attached hydrogen (secondary N) is 3. The van der Waals surface area contributed by atoms with E-state index in [9.17, 15) is 19.2 Å². The minimum atomic E-state index is -0.776. The van der Waals surface area contributed by atoms with Crippen LogP contribution in [0.1, 0.15) is 40.5 Å². The summed E-state index contributed by atoms with van der Waals surface area (Å²) in [7, 11) is 0. The van der Waals surface area contributed by atoms with E-state index >= 15 is 0 Å². The Balaban J connectivity index is 1.36. The maximum absolute atomic E-state index is 12.7. The van der Waals surface area contributed by atoms with Gasteiger partial charge in [-0.2, -0.15) is 0 Å². The molecule has 34 heavy (non-hydrogen) atoms. The zero-order valence-electron chi connectivity index (χ0n) is 18.7. The quantitative estimate of drug-likeness (QED) is 0.331.